The molecule has 0 fully saturated rings. The Balaban J connectivity index is 1.83. The molecule has 0 saturated heterocycles. The van der Waals surface area contributed by atoms with Crippen LogP contribution in [-0.2, 0) is 4.74 Å². The van der Waals surface area contributed by atoms with Crippen LogP contribution in [0.2, 0.25) is 0 Å². The van der Waals surface area contributed by atoms with Gasteiger partial charge in [0.2, 0.25) is 5.88 Å². The van der Waals surface area contributed by atoms with Gasteiger partial charge in [-0.15, -0.1) is 0 Å². The average Bonchev–Trinajstić information content (AvgIpc) is 3.14. The molecule has 2 aromatic carbocycles. The van der Waals surface area contributed by atoms with E-state index in [-0.39, 0.29) is 11.4 Å². The summed E-state index contributed by atoms with van der Waals surface area (Å²) in [6, 6.07) is 17.0. The monoisotopic (exact) mass is 415 g/mol. The van der Waals surface area contributed by atoms with E-state index in [2.05, 4.69) is 21.1 Å². The Bertz CT molecular complexity index is 1230. The Hall–Kier alpha value is -4.20. The van der Waals surface area contributed by atoms with Crippen LogP contribution >= 0.6 is 0 Å². The first kappa shape index (κ1) is 20.1. The van der Waals surface area contributed by atoms with E-state index in [1.54, 1.807) is 6.07 Å². The number of hydrogen-bond acceptors (Lipinski definition) is 7. The van der Waals surface area contributed by atoms with Gasteiger partial charge >= 0.3 is 5.97 Å². The maximum absolute atomic E-state index is 11.9. The van der Waals surface area contributed by atoms with E-state index >= 15 is 0 Å². The molecule has 2 aromatic heterocycles. The largest absolute Gasteiger partial charge is 0.465 e. The lowest BCUT2D eigenvalue weighted by Gasteiger charge is -2.11. The number of aromatic nitrogens is 4. The fraction of sp³-hybridized carbons (Fsp3) is 0.130. The normalized spacial score (nSPS) is 10.7. The maximum atomic E-state index is 11.9. The van der Waals surface area contributed by atoms with Gasteiger partial charge in [-0.25, -0.2) is 9.78 Å². The van der Waals surface area contributed by atoms with E-state index in [0.717, 1.165) is 16.7 Å². The van der Waals surface area contributed by atoms with Crippen molar-refractivity contribution >= 4 is 11.8 Å². The van der Waals surface area contributed by atoms with Gasteiger partial charge in [-0.1, -0.05) is 36.4 Å². The summed E-state index contributed by atoms with van der Waals surface area (Å²) in [5, 5.41) is 4.21. The molecular formula is C23H21N5O3. The molecule has 0 radical (unpaired) electrons. The zero-order valence-corrected chi connectivity index (χ0v) is 17.4. The predicted octanol–water partition coefficient (Wildman–Crippen LogP) is 4.11. The van der Waals surface area contributed by atoms with Crippen LogP contribution in [-0.4, -0.2) is 32.8 Å². The number of nitrogen functional groups attached to an aromatic ring is 1. The summed E-state index contributed by atoms with van der Waals surface area (Å²) in [4.78, 5) is 21.1. The van der Waals surface area contributed by atoms with E-state index in [1.165, 1.54) is 18.0 Å². The van der Waals surface area contributed by atoms with Crippen LogP contribution in [0.1, 0.15) is 21.5 Å². The van der Waals surface area contributed by atoms with Crippen LogP contribution in [0.25, 0.3) is 17.2 Å². The average molecular weight is 415 g/mol. The fourth-order valence-corrected chi connectivity index (χ4v) is 3.21. The molecule has 0 aliphatic carbocycles. The van der Waals surface area contributed by atoms with E-state index in [1.807, 2.05) is 56.3 Å². The number of benzene rings is 2. The van der Waals surface area contributed by atoms with Crippen molar-refractivity contribution in [3.63, 3.8) is 0 Å². The molecule has 31 heavy (non-hydrogen) atoms. The highest BCUT2D eigenvalue weighted by Crippen LogP contribution is 2.27. The number of methoxy groups -OCH3 is 1. The molecule has 0 amide bonds. The number of nitrogens with zero attached hydrogens (tertiary/aromatic N) is 4. The van der Waals surface area contributed by atoms with Crippen LogP contribution in [0, 0.1) is 13.8 Å². The molecular weight excluding hydrogens is 394 g/mol. The molecule has 0 aliphatic rings. The number of carbonyl (C=O) groups excluding carboxylic acids is 1. The zero-order valence-electron chi connectivity index (χ0n) is 17.4. The summed E-state index contributed by atoms with van der Waals surface area (Å²) < 4.78 is 12.2. The van der Waals surface area contributed by atoms with Crippen LogP contribution in [0.15, 0.2) is 60.8 Å². The minimum Gasteiger partial charge on any atom is -0.465 e. The van der Waals surface area contributed by atoms with E-state index < -0.39 is 5.97 Å². The molecule has 0 bridgehead atoms. The second kappa shape index (κ2) is 8.27. The minimum absolute atomic E-state index is 0.113. The van der Waals surface area contributed by atoms with Gasteiger partial charge in [0.05, 0.1) is 13.3 Å². The fourth-order valence-electron chi connectivity index (χ4n) is 3.21. The highest BCUT2D eigenvalue weighted by atomic mass is 16.5. The number of nitrogens with two attached hydrogens (primary N) is 1. The van der Waals surface area contributed by atoms with Gasteiger partial charge in [0.1, 0.15) is 17.1 Å². The molecule has 0 spiro atoms. The van der Waals surface area contributed by atoms with E-state index in [9.17, 15) is 4.79 Å². The Morgan fingerprint density at radius 1 is 1.00 bits per heavy atom. The molecule has 4 rings (SSSR count). The van der Waals surface area contributed by atoms with Gasteiger partial charge in [-0.05, 0) is 37.1 Å². The molecule has 8 heteroatoms. The van der Waals surface area contributed by atoms with Gasteiger partial charge in [0.15, 0.2) is 11.6 Å². The van der Waals surface area contributed by atoms with Crippen molar-refractivity contribution in [2.24, 2.45) is 0 Å². The quantitative estimate of drug-likeness (QED) is 0.489. The van der Waals surface area contributed by atoms with Crippen molar-refractivity contribution in [3.05, 3.63) is 77.5 Å². The SMILES string of the molecule is COC(=O)c1cnn(-c2cc(Oc3cc(C)cc(C)c3)nc(-c3ccccc3)n2)c1N. The number of aryl methyl sites for hydroxylation is 2. The molecule has 8 nitrogen and oxygen atoms in total. The molecule has 2 heterocycles. The number of esters is 1. The molecule has 156 valence electrons. The van der Waals surface area contributed by atoms with Crippen LogP contribution in [0.3, 0.4) is 0 Å². The summed E-state index contributed by atoms with van der Waals surface area (Å²) in [5.74, 6) is 1.32. The van der Waals surface area contributed by atoms with Crippen molar-refractivity contribution in [1.29, 1.82) is 0 Å². The third-order valence-corrected chi connectivity index (χ3v) is 4.57. The standard InChI is InChI=1S/C23H21N5O3/c1-14-9-15(2)11-17(10-14)31-20-12-19(26-22(27-20)16-7-5-4-6-8-16)28-21(24)18(13-25-28)23(29)30-3/h4-13H,24H2,1-3H3. The van der Waals surface area contributed by atoms with E-state index in [0.29, 0.717) is 23.3 Å². The van der Waals surface area contributed by atoms with Crippen molar-refractivity contribution in [1.82, 2.24) is 19.7 Å². The maximum Gasteiger partial charge on any atom is 0.343 e. The first-order valence-electron chi connectivity index (χ1n) is 9.57. The molecule has 0 atom stereocenters. The molecule has 4 aromatic rings. The lowest BCUT2D eigenvalue weighted by molar-refractivity contribution is 0.0602. The number of carbonyl (C=O) groups is 1. The number of anilines is 1. The molecule has 0 unspecified atom stereocenters. The third-order valence-electron chi connectivity index (χ3n) is 4.57. The van der Waals surface area contributed by atoms with Crippen LogP contribution < -0.4 is 10.5 Å². The third kappa shape index (κ3) is 4.23. The summed E-state index contributed by atoms with van der Waals surface area (Å²) in [6.07, 6.45) is 1.34. The van der Waals surface area contributed by atoms with Gasteiger partial charge < -0.3 is 15.2 Å². The number of hydrogen-bond donors (Lipinski definition) is 1. The molecule has 2 N–H and O–H groups in total. The topological polar surface area (TPSA) is 105 Å². The Kier molecular flexibility index (Phi) is 5.36. The predicted molar refractivity (Wildman–Crippen MR) is 116 cm³/mol. The van der Waals surface area contributed by atoms with Crippen molar-refractivity contribution < 1.29 is 14.3 Å². The van der Waals surface area contributed by atoms with Gasteiger partial charge in [-0.3, -0.25) is 0 Å². The van der Waals surface area contributed by atoms with Gasteiger partial charge in [-0.2, -0.15) is 14.8 Å². The summed E-state index contributed by atoms with van der Waals surface area (Å²) >= 11 is 0. The Morgan fingerprint density at radius 3 is 2.39 bits per heavy atom. The van der Waals surface area contributed by atoms with E-state index in [4.69, 9.17) is 15.2 Å². The first-order chi connectivity index (χ1) is 14.9. The van der Waals surface area contributed by atoms with Crippen LogP contribution in [0.5, 0.6) is 11.6 Å². The molecule has 0 aliphatic heterocycles. The highest BCUT2D eigenvalue weighted by molar-refractivity contribution is 5.94. The van der Waals surface area contributed by atoms with Crippen LogP contribution in [0.4, 0.5) is 5.82 Å². The van der Waals surface area contributed by atoms with Gasteiger partial charge in [0, 0.05) is 11.6 Å². The molecule has 0 saturated carbocycles. The first-order valence-corrected chi connectivity index (χ1v) is 9.57. The highest BCUT2D eigenvalue weighted by Gasteiger charge is 2.19. The lowest BCUT2D eigenvalue weighted by Crippen LogP contribution is -2.09. The smallest absolute Gasteiger partial charge is 0.343 e. The number of ether oxygens (including phenoxy) is 2. The Labute approximate surface area is 179 Å². The second-order valence-electron chi connectivity index (χ2n) is 7.03. The van der Waals surface area contributed by atoms with Gasteiger partial charge in [0.25, 0.3) is 0 Å². The van der Waals surface area contributed by atoms with Crippen molar-refractivity contribution in [2.75, 3.05) is 12.8 Å². The summed E-state index contributed by atoms with van der Waals surface area (Å²) in [6.45, 7) is 4.00. The van der Waals surface area contributed by atoms with Crippen molar-refractivity contribution in [3.8, 4) is 28.8 Å². The minimum atomic E-state index is -0.576. The summed E-state index contributed by atoms with van der Waals surface area (Å²) in [7, 11) is 1.28. The second-order valence-corrected chi connectivity index (χ2v) is 7.03. The van der Waals surface area contributed by atoms with Crippen molar-refractivity contribution in [2.45, 2.75) is 13.8 Å². The number of rotatable bonds is 5. The lowest BCUT2D eigenvalue weighted by atomic mass is 10.1. The summed E-state index contributed by atoms with van der Waals surface area (Å²) in [5.41, 5.74) is 9.24. The zero-order chi connectivity index (χ0) is 22.0. The Morgan fingerprint density at radius 2 is 1.71 bits per heavy atom.